The van der Waals surface area contributed by atoms with E-state index < -0.39 is 0 Å². The lowest BCUT2D eigenvalue weighted by molar-refractivity contribution is 0.376. The first-order chi connectivity index (χ1) is 9.43. The number of aromatic nitrogens is 1. The molecule has 5 nitrogen and oxygen atoms in total. The Morgan fingerprint density at radius 2 is 2.00 bits per heavy atom. The van der Waals surface area contributed by atoms with Crippen LogP contribution in [0, 0.1) is 5.92 Å². The van der Waals surface area contributed by atoms with Gasteiger partial charge >= 0.3 is 0 Å². The van der Waals surface area contributed by atoms with E-state index in [1.807, 2.05) is 6.07 Å². The molecule has 0 radical (unpaired) electrons. The Balaban J connectivity index is 2.65. The molecule has 0 bridgehead atoms. The van der Waals surface area contributed by atoms with Gasteiger partial charge in [-0.2, -0.15) is 0 Å². The zero-order chi connectivity index (χ0) is 15.1. The van der Waals surface area contributed by atoms with Crippen molar-refractivity contribution in [1.82, 2.24) is 15.8 Å². The summed E-state index contributed by atoms with van der Waals surface area (Å²) in [6, 6.07) is 2.35. The van der Waals surface area contributed by atoms with Crippen LogP contribution in [0.15, 0.2) is 15.6 Å². The Morgan fingerprint density at radius 1 is 1.30 bits per heavy atom. The fraction of sp³-hybridized carbons (Fsp3) is 0.733. The molecule has 1 aromatic rings. The van der Waals surface area contributed by atoms with E-state index >= 15 is 0 Å². The molecule has 0 aliphatic heterocycles. The monoisotopic (exact) mass is 280 g/mol. The Labute approximate surface area is 122 Å². The van der Waals surface area contributed by atoms with Crippen molar-refractivity contribution in [3.63, 3.8) is 0 Å². The van der Waals surface area contributed by atoms with E-state index in [-0.39, 0.29) is 0 Å². The largest absolute Gasteiger partial charge is 0.359 e. The van der Waals surface area contributed by atoms with Crippen LogP contribution >= 0.6 is 0 Å². The number of guanidine groups is 1. The third-order valence-corrected chi connectivity index (χ3v) is 3.27. The lowest BCUT2D eigenvalue weighted by atomic mass is 10.1. The number of rotatable bonds is 6. The number of hydrogen-bond donors (Lipinski definition) is 2. The molecule has 1 atom stereocenters. The van der Waals surface area contributed by atoms with Gasteiger partial charge in [0.25, 0.3) is 0 Å². The van der Waals surface area contributed by atoms with Gasteiger partial charge in [-0.05, 0) is 25.7 Å². The predicted octanol–water partition coefficient (Wildman–Crippen LogP) is 2.90. The second kappa shape index (κ2) is 7.92. The molecule has 0 aliphatic carbocycles. The van der Waals surface area contributed by atoms with E-state index in [1.54, 1.807) is 0 Å². The van der Waals surface area contributed by atoms with Gasteiger partial charge in [0.1, 0.15) is 6.54 Å². The van der Waals surface area contributed by atoms with Crippen LogP contribution in [0.2, 0.25) is 0 Å². The molecule has 2 N–H and O–H groups in total. The van der Waals surface area contributed by atoms with Crippen LogP contribution in [0.3, 0.4) is 0 Å². The fourth-order valence-corrected chi connectivity index (χ4v) is 1.53. The molecule has 0 aliphatic rings. The quantitative estimate of drug-likeness (QED) is 0.621. The van der Waals surface area contributed by atoms with Gasteiger partial charge in [-0.1, -0.05) is 32.9 Å². The number of nitrogens with zero attached hydrogens (tertiary/aromatic N) is 2. The van der Waals surface area contributed by atoms with Crippen molar-refractivity contribution in [2.45, 2.75) is 60.0 Å². The van der Waals surface area contributed by atoms with Crippen molar-refractivity contribution in [3.8, 4) is 0 Å². The van der Waals surface area contributed by atoms with Crippen molar-refractivity contribution >= 4 is 5.96 Å². The van der Waals surface area contributed by atoms with Crippen LogP contribution in [0.4, 0.5) is 0 Å². The number of nitrogens with one attached hydrogen (secondary N) is 2. The van der Waals surface area contributed by atoms with Crippen LogP contribution in [-0.4, -0.2) is 23.7 Å². The molecule has 0 aromatic carbocycles. The van der Waals surface area contributed by atoms with Gasteiger partial charge in [-0.25, -0.2) is 4.99 Å². The van der Waals surface area contributed by atoms with E-state index in [9.17, 15) is 0 Å². The minimum atomic E-state index is 0.369. The molecule has 1 unspecified atom stereocenters. The van der Waals surface area contributed by atoms with Gasteiger partial charge < -0.3 is 15.2 Å². The van der Waals surface area contributed by atoms with Crippen molar-refractivity contribution in [2.24, 2.45) is 10.9 Å². The van der Waals surface area contributed by atoms with Crippen LogP contribution in [0.5, 0.6) is 0 Å². The third kappa shape index (κ3) is 5.23. The SMILES string of the molecule is CCNC(=NCc1cc(C(C)C)no1)NC(C)C(C)C. The number of hydrogen-bond acceptors (Lipinski definition) is 3. The highest BCUT2D eigenvalue weighted by Gasteiger charge is 2.10. The highest BCUT2D eigenvalue weighted by atomic mass is 16.5. The molecular weight excluding hydrogens is 252 g/mol. The zero-order valence-corrected chi connectivity index (χ0v) is 13.5. The minimum absolute atomic E-state index is 0.369. The summed E-state index contributed by atoms with van der Waals surface area (Å²) in [5.41, 5.74) is 0.976. The summed E-state index contributed by atoms with van der Waals surface area (Å²) in [7, 11) is 0. The third-order valence-electron chi connectivity index (χ3n) is 3.27. The van der Waals surface area contributed by atoms with Crippen LogP contribution in [0.1, 0.15) is 58.9 Å². The molecule has 0 amide bonds. The highest BCUT2D eigenvalue weighted by Crippen LogP contribution is 2.14. The van der Waals surface area contributed by atoms with Gasteiger partial charge in [0.15, 0.2) is 11.7 Å². The van der Waals surface area contributed by atoms with Crippen LogP contribution in [0.25, 0.3) is 0 Å². The smallest absolute Gasteiger partial charge is 0.191 e. The second-order valence-corrected chi connectivity index (χ2v) is 5.74. The summed E-state index contributed by atoms with van der Waals surface area (Å²) in [6.07, 6.45) is 0. The van der Waals surface area contributed by atoms with Crippen LogP contribution < -0.4 is 10.6 Å². The van der Waals surface area contributed by atoms with Crippen LogP contribution in [-0.2, 0) is 6.54 Å². The molecule has 0 saturated heterocycles. The molecule has 1 heterocycles. The maximum atomic E-state index is 5.29. The molecule has 0 fully saturated rings. The Bertz CT molecular complexity index is 423. The Morgan fingerprint density at radius 3 is 2.50 bits per heavy atom. The molecular formula is C15H28N4O. The molecule has 20 heavy (non-hydrogen) atoms. The molecule has 0 saturated carbocycles. The van der Waals surface area contributed by atoms with Gasteiger partial charge in [0.05, 0.1) is 5.69 Å². The summed E-state index contributed by atoms with van der Waals surface area (Å²) in [6.45, 7) is 14.1. The molecule has 1 aromatic heterocycles. The van der Waals surface area contributed by atoms with Crippen molar-refractivity contribution in [1.29, 1.82) is 0 Å². The standard InChI is InChI=1S/C15H28N4O/c1-7-16-15(18-12(6)10(2)3)17-9-13-8-14(11(4)5)19-20-13/h8,10-12H,7,9H2,1-6H3,(H2,16,17,18). The maximum Gasteiger partial charge on any atom is 0.191 e. The second-order valence-electron chi connectivity index (χ2n) is 5.74. The van der Waals surface area contributed by atoms with Gasteiger partial charge in [0.2, 0.25) is 0 Å². The summed E-state index contributed by atoms with van der Waals surface area (Å²) in [5, 5.41) is 10.7. The van der Waals surface area contributed by atoms with E-state index in [1.165, 1.54) is 0 Å². The van der Waals surface area contributed by atoms with E-state index in [0.717, 1.165) is 24.0 Å². The van der Waals surface area contributed by atoms with Crippen molar-refractivity contribution in [2.75, 3.05) is 6.54 Å². The molecule has 114 valence electrons. The lowest BCUT2D eigenvalue weighted by Gasteiger charge is -2.20. The summed E-state index contributed by atoms with van der Waals surface area (Å²) < 4.78 is 5.29. The molecule has 1 rings (SSSR count). The van der Waals surface area contributed by atoms with Gasteiger partial charge in [-0.15, -0.1) is 0 Å². The van der Waals surface area contributed by atoms with Crippen molar-refractivity contribution < 1.29 is 4.52 Å². The van der Waals surface area contributed by atoms with Gasteiger partial charge in [0, 0.05) is 18.7 Å². The first-order valence-electron chi connectivity index (χ1n) is 7.44. The minimum Gasteiger partial charge on any atom is -0.359 e. The topological polar surface area (TPSA) is 62.5 Å². The molecule has 5 heteroatoms. The predicted molar refractivity (Wildman–Crippen MR) is 82.8 cm³/mol. The highest BCUT2D eigenvalue weighted by molar-refractivity contribution is 5.80. The average Bonchev–Trinajstić information content (AvgIpc) is 2.85. The first-order valence-corrected chi connectivity index (χ1v) is 7.44. The van der Waals surface area contributed by atoms with E-state index in [2.05, 4.69) is 62.3 Å². The normalized spacial score (nSPS) is 13.9. The number of aliphatic imine (C=N–C) groups is 1. The Kier molecular flexibility index (Phi) is 6.55. The molecule has 0 spiro atoms. The Hall–Kier alpha value is -1.52. The maximum absolute atomic E-state index is 5.29. The summed E-state index contributed by atoms with van der Waals surface area (Å²) in [5.74, 6) is 2.54. The van der Waals surface area contributed by atoms with Crippen molar-refractivity contribution in [3.05, 3.63) is 17.5 Å². The van der Waals surface area contributed by atoms with E-state index in [0.29, 0.717) is 24.4 Å². The van der Waals surface area contributed by atoms with Gasteiger partial charge in [-0.3, -0.25) is 0 Å². The zero-order valence-electron chi connectivity index (χ0n) is 13.5. The van der Waals surface area contributed by atoms with E-state index in [4.69, 9.17) is 4.52 Å². The average molecular weight is 280 g/mol. The first kappa shape index (κ1) is 16.5. The summed E-state index contributed by atoms with van der Waals surface area (Å²) >= 11 is 0. The fourth-order valence-electron chi connectivity index (χ4n) is 1.53. The summed E-state index contributed by atoms with van der Waals surface area (Å²) in [4.78, 5) is 4.54. The lowest BCUT2D eigenvalue weighted by Crippen LogP contribution is -2.44.